The summed E-state index contributed by atoms with van der Waals surface area (Å²) in [5.41, 5.74) is 0. The Kier molecular flexibility index (Phi) is 1.86. The first-order valence-corrected chi connectivity index (χ1v) is 2.89. The van der Waals surface area contributed by atoms with E-state index in [4.69, 9.17) is 5.11 Å². The maximum absolute atomic E-state index is 10.7. The van der Waals surface area contributed by atoms with Crippen LogP contribution in [0.1, 0.15) is 0 Å². The normalized spacial score (nSPS) is 19.1. The minimum Gasteiger partial charge on any atom is -0.376 e. The Bertz CT molecular complexity index is 168. The summed E-state index contributed by atoms with van der Waals surface area (Å²) in [6.07, 6.45) is 0. The zero-order valence-electron chi connectivity index (χ0n) is 5.33. The van der Waals surface area contributed by atoms with E-state index in [-0.39, 0.29) is 31.6 Å². The van der Waals surface area contributed by atoms with E-state index in [1.165, 1.54) is 0 Å². The molecule has 1 rings (SSSR count). The summed E-state index contributed by atoms with van der Waals surface area (Å²) >= 11 is 0. The number of nitrogens with one attached hydrogen (secondary N) is 1. The Hall–Kier alpha value is -1.10. The van der Waals surface area contributed by atoms with Gasteiger partial charge in [0.1, 0.15) is 13.3 Å². The van der Waals surface area contributed by atoms with Gasteiger partial charge >= 0.3 is 0 Å². The lowest BCUT2D eigenvalue weighted by molar-refractivity contribution is -0.144. The molecule has 1 saturated heterocycles. The molecule has 5 heteroatoms. The monoisotopic (exact) mass is 144 g/mol. The van der Waals surface area contributed by atoms with E-state index in [0.29, 0.717) is 0 Å². The molecule has 0 unspecified atom stereocenters. The highest BCUT2D eigenvalue weighted by molar-refractivity contribution is 5.92. The second kappa shape index (κ2) is 2.66. The SMILES string of the molecule is O=C1CN(CO)C(=O)CN1. The number of carbonyl (C=O) groups excluding carboxylic acids is 2. The van der Waals surface area contributed by atoms with E-state index in [1.54, 1.807) is 0 Å². The number of piperazine rings is 1. The molecule has 56 valence electrons. The fourth-order valence-electron chi connectivity index (χ4n) is 0.732. The van der Waals surface area contributed by atoms with Gasteiger partial charge in [0.25, 0.3) is 0 Å². The van der Waals surface area contributed by atoms with Crippen molar-refractivity contribution in [3.05, 3.63) is 0 Å². The largest absolute Gasteiger partial charge is 0.376 e. The Labute approximate surface area is 57.6 Å². The Morgan fingerprint density at radius 2 is 2.30 bits per heavy atom. The predicted octanol–water partition coefficient (Wildman–Crippen LogP) is -2.11. The van der Waals surface area contributed by atoms with Gasteiger partial charge in [-0.05, 0) is 0 Å². The lowest BCUT2D eigenvalue weighted by atomic mass is 10.4. The Morgan fingerprint density at radius 3 is 2.80 bits per heavy atom. The number of rotatable bonds is 1. The highest BCUT2D eigenvalue weighted by Gasteiger charge is 2.21. The van der Waals surface area contributed by atoms with Gasteiger partial charge in [-0.15, -0.1) is 0 Å². The van der Waals surface area contributed by atoms with Gasteiger partial charge in [-0.25, -0.2) is 0 Å². The van der Waals surface area contributed by atoms with Crippen LogP contribution < -0.4 is 5.32 Å². The van der Waals surface area contributed by atoms with E-state index >= 15 is 0 Å². The van der Waals surface area contributed by atoms with Crippen LogP contribution in [0.4, 0.5) is 0 Å². The summed E-state index contributed by atoms with van der Waals surface area (Å²) in [6.45, 7) is -0.416. The van der Waals surface area contributed by atoms with Gasteiger partial charge in [-0.3, -0.25) is 9.59 Å². The number of aliphatic hydroxyl groups is 1. The number of carbonyl (C=O) groups is 2. The highest BCUT2D eigenvalue weighted by Crippen LogP contribution is 1.91. The minimum absolute atomic E-state index is 0.000602. The molecule has 1 aliphatic rings. The van der Waals surface area contributed by atoms with Crippen molar-refractivity contribution in [3.63, 3.8) is 0 Å². The summed E-state index contributed by atoms with van der Waals surface area (Å²) in [6, 6.07) is 0. The van der Waals surface area contributed by atoms with E-state index in [1.807, 2.05) is 0 Å². The fraction of sp³-hybridized carbons (Fsp3) is 0.600. The average Bonchev–Trinajstić information content (AvgIpc) is 1.94. The van der Waals surface area contributed by atoms with Crippen LogP contribution in [0.2, 0.25) is 0 Å². The van der Waals surface area contributed by atoms with Crippen molar-refractivity contribution in [3.8, 4) is 0 Å². The second-order valence-electron chi connectivity index (χ2n) is 2.01. The lowest BCUT2D eigenvalue weighted by Gasteiger charge is -2.23. The number of amides is 2. The van der Waals surface area contributed by atoms with Crippen LogP contribution in [0.25, 0.3) is 0 Å². The summed E-state index contributed by atoms with van der Waals surface area (Å²) < 4.78 is 0. The van der Waals surface area contributed by atoms with Gasteiger partial charge in [-0.2, -0.15) is 0 Å². The molecule has 0 aliphatic carbocycles. The average molecular weight is 144 g/mol. The number of aliphatic hydroxyl groups excluding tert-OH is 1. The first kappa shape index (κ1) is 7.01. The predicted molar refractivity (Wildman–Crippen MR) is 31.8 cm³/mol. The number of hydrogen-bond donors (Lipinski definition) is 2. The van der Waals surface area contributed by atoms with E-state index < -0.39 is 0 Å². The molecule has 5 nitrogen and oxygen atoms in total. The van der Waals surface area contributed by atoms with Gasteiger partial charge in [0.05, 0.1) is 6.54 Å². The molecule has 0 radical (unpaired) electrons. The van der Waals surface area contributed by atoms with Crippen molar-refractivity contribution in [1.29, 1.82) is 0 Å². The molecule has 0 spiro atoms. The quantitative estimate of drug-likeness (QED) is 0.442. The first-order valence-electron chi connectivity index (χ1n) is 2.89. The molecular formula is C5H8N2O3. The highest BCUT2D eigenvalue weighted by atomic mass is 16.3. The van der Waals surface area contributed by atoms with E-state index in [2.05, 4.69) is 5.32 Å². The standard InChI is InChI=1S/C5H8N2O3/c8-3-7-2-4(9)6-1-5(7)10/h8H,1-3H2,(H,6,9). The summed E-state index contributed by atoms with van der Waals surface area (Å²) in [7, 11) is 0. The van der Waals surface area contributed by atoms with Crippen molar-refractivity contribution in [1.82, 2.24) is 10.2 Å². The molecule has 0 aromatic carbocycles. The lowest BCUT2D eigenvalue weighted by Crippen LogP contribution is -2.51. The molecule has 0 aromatic rings. The maximum Gasteiger partial charge on any atom is 0.244 e. The minimum atomic E-state index is -0.383. The zero-order valence-corrected chi connectivity index (χ0v) is 5.33. The van der Waals surface area contributed by atoms with Crippen molar-refractivity contribution < 1.29 is 14.7 Å². The fourth-order valence-corrected chi connectivity index (χ4v) is 0.732. The van der Waals surface area contributed by atoms with Crippen LogP contribution in [-0.4, -0.2) is 41.6 Å². The molecule has 1 aliphatic heterocycles. The smallest absolute Gasteiger partial charge is 0.244 e. The molecule has 0 bridgehead atoms. The summed E-state index contributed by atoms with van der Waals surface area (Å²) in [4.78, 5) is 22.4. The van der Waals surface area contributed by atoms with E-state index in [9.17, 15) is 9.59 Å². The third-order valence-corrected chi connectivity index (χ3v) is 1.29. The number of nitrogens with zero attached hydrogens (tertiary/aromatic N) is 1. The van der Waals surface area contributed by atoms with Gasteiger partial charge in [0, 0.05) is 0 Å². The van der Waals surface area contributed by atoms with Crippen molar-refractivity contribution in [2.45, 2.75) is 0 Å². The van der Waals surface area contributed by atoms with Crippen molar-refractivity contribution in [2.24, 2.45) is 0 Å². The molecule has 2 N–H and O–H groups in total. The molecule has 0 saturated carbocycles. The topological polar surface area (TPSA) is 69.6 Å². The third kappa shape index (κ3) is 1.24. The van der Waals surface area contributed by atoms with Crippen LogP contribution in [0.3, 0.4) is 0 Å². The molecule has 0 atom stereocenters. The maximum atomic E-state index is 10.7. The zero-order chi connectivity index (χ0) is 7.56. The van der Waals surface area contributed by atoms with Crippen LogP contribution in [0.15, 0.2) is 0 Å². The van der Waals surface area contributed by atoms with Crippen molar-refractivity contribution in [2.75, 3.05) is 19.8 Å². The van der Waals surface area contributed by atoms with Gasteiger partial charge in [-0.1, -0.05) is 0 Å². The first-order chi connectivity index (χ1) is 4.74. The molecule has 0 aromatic heterocycles. The number of hydrogen-bond acceptors (Lipinski definition) is 3. The van der Waals surface area contributed by atoms with Gasteiger partial charge < -0.3 is 15.3 Å². The van der Waals surface area contributed by atoms with Crippen LogP contribution >= 0.6 is 0 Å². The Balaban J connectivity index is 2.53. The summed E-state index contributed by atoms with van der Waals surface area (Å²) in [5.74, 6) is -0.476. The van der Waals surface area contributed by atoms with Gasteiger partial charge in [0.15, 0.2) is 0 Å². The summed E-state index contributed by atoms with van der Waals surface area (Å²) in [5, 5.41) is 10.9. The molecule has 2 amide bonds. The van der Waals surface area contributed by atoms with Crippen LogP contribution in [-0.2, 0) is 9.59 Å². The third-order valence-electron chi connectivity index (χ3n) is 1.29. The van der Waals surface area contributed by atoms with Crippen LogP contribution in [0, 0.1) is 0 Å². The molecular weight excluding hydrogens is 136 g/mol. The Morgan fingerprint density at radius 1 is 1.60 bits per heavy atom. The molecule has 1 heterocycles. The van der Waals surface area contributed by atoms with Crippen LogP contribution in [0.5, 0.6) is 0 Å². The second-order valence-corrected chi connectivity index (χ2v) is 2.01. The molecule has 1 fully saturated rings. The van der Waals surface area contributed by atoms with Crippen molar-refractivity contribution >= 4 is 11.8 Å². The van der Waals surface area contributed by atoms with Gasteiger partial charge in [0.2, 0.25) is 11.8 Å². The molecule has 10 heavy (non-hydrogen) atoms. The van der Waals surface area contributed by atoms with E-state index in [0.717, 1.165) is 4.90 Å².